The fourth-order valence-electron chi connectivity index (χ4n) is 2.89. The molecule has 8 heteroatoms. The first-order valence-corrected chi connectivity index (χ1v) is 8.58. The zero-order chi connectivity index (χ0) is 19.4. The molecule has 0 saturated heterocycles. The van der Waals surface area contributed by atoms with Crippen LogP contribution in [0, 0.1) is 0 Å². The maximum Gasteiger partial charge on any atom is 0.573 e. The molecule has 1 aromatic carbocycles. The number of rotatable bonds is 5. The number of amides is 1. The summed E-state index contributed by atoms with van der Waals surface area (Å²) in [5.41, 5.74) is 0.166. The minimum absolute atomic E-state index is 0.0299. The van der Waals surface area contributed by atoms with Gasteiger partial charge in [0, 0.05) is 18.6 Å². The number of alkyl halides is 3. The fraction of sp³-hybridized carbons (Fsp3) is 0.611. The van der Waals surface area contributed by atoms with Gasteiger partial charge in [-0.1, -0.05) is 12.1 Å². The quantitative estimate of drug-likeness (QED) is 0.814. The number of carbonyl (C=O) groups excluding carboxylic acids is 1. The second-order valence-corrected chi connectivity index (χ2v) is 7.43. The Balaban J connectivity index is 1.77. The summed E-state index contributed by atoms with van der Waals surface area (Å²) in [6, 6.07) is 6.12. The van der Waals surface area contributed by atoms with E-state index in [0.717, 1.165) is 19.3 Å². The summed E-state index contributed by atoms with van der Waals surface area (Å²) in [5, 5.41) is 6.16. The van der Waals surface area contributed by atoms with Gasteiger partial charge in [0.1, 0.15) is 11.4 Å². The summed E-state index contributed by atoms with van der Waals surface area (Å²) >= 11 is 0. The highest BCUT2D eigenvalue weighted by Gasteiger charge is 2.31. The third-order valence-corrected chi connectivity index (χ3v) is 3.88. The largest absolute Gasteiger partial charge is 0.573 e. The molecule has 0 aromatic heterocycles. The van der Waals surface area contributed by atoms with Crippen molar-refractivity contribution in [1.29, 1.82) is 0 Å². The van der Waals surface area contributed by atoms with Gasteiger partial charge in [0.25, 0.3) is 0 Å². The van der Waals surface area contributed by atoms with Crippen molar-refractivity contribution in [3.8, 4) is 5.75 Å². The zero-order valence-electron chi connectivity index (χ0n) is 15.2. The van der Waals surface area contributed by atoms with Crippen LogP contribution >= 0.6 is 0 Å². The highest BCUT2D eigenvalue weighted by Crippen LogP contribution is 2.24. The smallest absolute Gasteiger partial charge is 0.444 e. The summed E-state index contributed by atoms with van der Waals surface area (Å²) in [7, 11) is 0. The number of hydrogen-bond acceptors (Lipinski definition) is 4. The van der Waals surface area contributed by atoms with Crippen molar-refractivity contribution in [2.24, 2.45) is 0 Å². The van der Waals surface area contributed by atoms with E-state index in [-0.39, 0.29) is 17.8 Å². The van der Waals surface area contributed by atoms with Crippen molar-refractivity contribution in [2.45, 2.75) is 70.6 Å². The minimum Gasteiger partial charge on any atom is -0.444 e. The van der Waals surface area contributed by atoms with Gasteiger partial charge < -0.3 is 20.1 Å². The van der Waals surface area contributed by atoms with E-state index in [1.807, 2.05) is 20.8 Å². The van der Waals surface area contributed by atoms with Crippen LogP contribution in [-0.2, 0) is 11.3 Å². The van der Waals surface area contributed by atoms with Gasteiger partial charge in [-0.05, 0) is 57.7 Å². The molecule has 0 bridgehead atoms. The molecule has 26 heavy (non-hydrogen) atoms. The molecule has 0 spiro atoms. The van der Waals surface area contributed by atoms with Gasteiger partial charge in [-0.15, -0.1) is 13.2 Å². The van der Waals surface area contributed by atoms with Crippen LogP contribution in [0.2, 0.25) is 0 Å². The van der Waals surface area contributed by atoms with Gasteiger partial charge >= 0.3 is 12.5 Å². The Morgan fingerprint density at radius 3 is 2.54 bits per heavy atom. The lowest BCUT2D eigenvalue weighted by Gasteiger charge is -2.22. The zero-order valence-corrected chi connectivity index (χ0v) is 15.2. The molecule has 1 aromatic rings. The number of ether oxygens (including phenoxy) is 2. The average Bonchev–Trinajstić information content (AvgIpc) is 2.89. The highest BCUT2D eigenvalue weighted by atomic mass is 19.4. The molecule has 0 aliphatic heterocycles. The molecule has 1 aliphatic rings. The van der Waals surface area contributed by atoms with Crippen molar-refractivity contribution in [3.63, 3.8) is 0 Å². The monoisotopic (exact) mass is 374 g/mol. The van der Waals surface area contributed by atoms with E-state index in [1.54, 1.807) is 6.07 Å². The molecule has 1 aliphatic carbocycles. The van der Waals surface area contributed by atoms with Gasteiger partial charge in [0.2, 0.25) is 0 Å². The van der Waals surface area contributed by atoms with E-state index in [4.69, 9.17) is 4.74 Å². The summed E-state index contributed by atoms with van der Waals surface area (Å²) in [5.74, 6) is -0.229. The molecule has 0 heterocycles. The third kappa shape index (κ3) is 7.51. The maximum atomic E-state index is 12.3. The average molecular weight is 374 g/mol. The van der Waals surface area contributed by atoms with E-state index in [9.17, 15) is 18.0 Å². The van der Waals surface area contributed by atoms with Crippen LogP contribution in [0.15, 0.2) is 24.3 Å². The number of halogens is 3. The number of hydrogen-bond donors (Lipinski definition) is 2. The summed E-state index contributed by atoms with van der Waals surface area (Å²) in [4.78, 5) is 11.8. The van der Waals surface area contributed by atoms with Crippen LogP contribution in [0.25, 0.3) is 0 Å². The third-order valence-electron chi connectivity index (χ3n) is 3.88. The SMILES string of the molecule is CC(C)(C)OC(=O)NC1CCC(NCc2cccc(OC(F)(F)F)c2)C1. The molecule has 2 rings (SSSR count). The molecular weight excluding hydrogens is 349 g/mol. The molecule has 2 unspecified atom stereocenters. The normalized spacial score (nSPS) is 20.7. The standard InChI is InChI=1S/C18H25F3N2O3/c1-17(2,3)26-16(24)23-14-8-7-13(10-14)22-11-12-5-4-6-15(9-12)25-18(19,20)21/h4-6,9,13-14,22H,7-8,10-11H2,1-3H3,(H,23,24). The van der Waals surface area contributed by atoms with Gasteiger partial charge in [-0.2, -0.15) is 0 Å². The van der Waals surface area contributed by atoms with E-state index in [2.05, 4.69) is 15.4 Å². The predicted octanol–water partition coefficient (Wildman–Crippen LogP) is 4.12. The number of alkyl carbamates (subject to hydrolysis) is 1. The Hall–Kier alpha value is -1.96. The van der Waals surface area contributed by atoms with Crippen molar-refractivity contribution in [3.05, 3.63) is 29.8 Å². The first-order valence-electron chi connectivity index (χ1n) is 8.58. The van der Waals surface area contributed by atoms with Gasteiger partial charge in [-0.3, -0.25) is 0 Å². The number of carbonyl (C=O) groups is 1. The molecule has 2 atom stereocenters. The Labute approximate surface area is 151 Å². The van der Waals surface area contributed by atoms with Gasteiger partial charge in [-0.25, -0.2) is 4.79 Å². The van der Waals surface area contributed by atoms with Gasteiger partial charge in [0.05, 0.1) is 0 Å². The van der Waals surface area contributed by atoms with Crippen LogP contribution in [0.1, 0.15) is 45.6 Å². The topological polar surface area (TPSA) is 59.6 Å². The lowest BCUT2D eigenvalue weighted by atomic mass is 10.2. The summed E-state index contributed by atoms with van der Waals surface area (Å²) < 4.78 is 46.0. The molecule has 1 fully saturated rings. The van der Waals surface area contributed by atoms with Crippen LogP contribution in [0.4, 0.5) is 18.0 Å². The van der Waals surface area contributed by atoms with E-state index < -0.39 is 18.1 Å². The first-order chi connectivity index (χ1) is 12.0. The fourth-order valence-corrected chi connectivity index (χ4v) is 2.89. The predicted molar refractivity (Wildman–Crippen MR) is 90.8 cm³/mol. The Morgan fingerprint density at radius 1 is 1.19 bits per heavy atom. The van der Waals surface area contributed by atoms with Crippen molar-refractivity contribution < 1.29 is 27.4 Å². The van der Waals surface area contributed by atoms with E-state index >= 15 is 0 Å². The molecule has 0 radical (unpaired) electrons. The summed E-state index contributed by atoms with van der Waals surface area (Å²) in [6.45, 7) is 5.85. The van der Waals surface area contributed by atoms with Crippen molar-refractivity contribution in [1.82, 2.24) is 10.6 Å². The van der Waals surface area contributed by atoms with Crippen LogP contribution < -0.4 is 15.4 Å². The van der Waals surface area contributed by atoms with Crippen LogP contribution in [0.5, 0.6) is 5.75 Å². The Bertz CT molecular complexity index is 614. The number of nitrogens with one attached hydrogen (secondary N) is 2. The maximum absolute atomic E-state index is 12.3. The van der Waals surface area contributed by atoms with E-state index in [1.165, 1.54) is 18.2 Å². The molecule has 1 amide bonds. The first kappa shape index (κ1) is 20.4. The molecule has 1 saturated carbocycles. The van der Waals surface area contributed by atoms with Gasteiger partial charge in [0.15, 0.2) is 0 Å². The van der Waals surface area contributed by atoms with Crippen LogP contribution in [-0.4, -0.2) is 30.1 Å². The Morgan fingerprint density at radius 2 is 1.88 bits per heavy atom. The van der Waals surface area contributed by atoms with Crippen molar-refractivity contribution >= 4 is 6.09 Å². The highest BCUT2D eigenvalue weighted by molar-refractivity contribution is 5.68. The molecular formula is C18H25F3N2O3. The molecule has 5 nitrogen and oxygen atoms in total. The Kier molecular flexibility index (Phi) is 6.39. The summed E-state index contributed by atoms with van der Waals surface area (Å²) in [6.07, 6.45) is -2.68. The minimum atomic E-state index is -4.70. The molecule has 146 valence electrons. The van der Waals surface area contributed by atoms with Crippen LogP contribution in [0.3, 0.4) is 0 Å². The second kappa shape index (κ2) is 8.16. The molecule has 2 N–H and O–H groups in total. The lowest BCUT2D eigenvalue weighted by molar-refractivity contribution is -0.274. The van der Waals surface area contributed by atoms with Crippen molar-refractivity contribution in [2.75, 3.05) is 0 Å². The lowest BCUT2D eigenvalue weighted by Crippen LogP contribution is -2.38. The van der Waals surface area contributed by atoms with E-state index in [0.29, 0.717) is 12.1 Å². The number of benzene rings is 1. The second-order valence-electron chi connectivity index (χ2n) is 7.43.